The van der Waals surface area contributed by atoms with E-state index in [1.165, 1.54) is 0 Å². The first-order valence-electron chi connectivity index (χ1n) is 6.77. The third kappa shape index (κ3) is 2.47. The Morgan fingerprint density at radius 1 is 1.50 bits per heavy atom. The number of fused-ring (bicyclic) bond motifs is 1. The summed E-state index contributed by atoms with van der Waals surface area (Å²) in [4.78, 5) is 16.2. The molecule has 1 aliphatic carbocycles. The molecule has 0 spiro atoms. The normalized spacial score (nSPS) is 26.0. The quantitative estimate of drug-likeness (QED) is 0.823. The molecule has 0 saturated heterocycles. The predicted molar refractivity (Wildman–Crippen MR) is 69.0 cm³/mol. The number of carbonyl (C=O) groups excluding carboxylic acids is 1. The second kappa shape index (κ2) is 4.96. The summed E-state index contributed by atoms with van der Waals surface area (Å²) >= 11 is 0. The molecular formula is C14H19N3O. The van der Waals surface area contributed by atoms with Gasteiger partial charge in [0, 0.05) is 37.8 Å². The summed E-state index contributed by atoms with van der Waals surface area (Å²) in [6.45, 7) is 0.863. The average Bonchev–Trinajstić information content (AvgIpc) is 2.98. The van der Waals surface area contributed by atoms with Gasteiger partial charge in [-0.05, 0) is 25.2 Å². The first-order chi connectivity index (χ1) is 8.81. The monoisotopic (exact) mass is 245 g/mol. The van der Waals surface area contributed by atoms with Crippen molar-refractivity contribution in [2.75, 3.05) is 0 Å². The molecule has 18 heavy (non-hydrogen) atoms. The summed E-state index contributed by atoms with van der Waals surface area (Å²) in [7, 11) is 0. The summed E-state index contributed by atoms with van der Waals surface area (Å²) in [5.41, 5.74) is 0. The number of hydrogen-bond donors (Lipinski definition) is 1. The third-order valence-electron chi connectivity index (χ3n) is 3.86. The highest BCUT2D eigenvalue weighted by Gasteiger charge is 2.21. The molecule has 1 aromatic heterocycles. The van der Waals surface area contributed by atoms with E-state index in [4.69, 9.17) is 0 Å². The van der Waals surface area contributed by atoms with Crippen molar-refractivity contribution in [3.05, 3.63) is 30.4 Å². The number of carbonyl (C=O) groups is 1. The van der Waals surface area contributed by atoms with E-state index in [-0.39, 0.29) is 11.9 Å². The van der Waals surface area contributed by atoms with Crippen LogP contribution in [0.2, 0.25) is 0 Å². The Hall–Kier alpha value is -1.58. The average molecular weight is 245 g/mol. The molecule has 0 bridgehead atoms. The van der Waals surface area contributed by atoms with Crippen LogP contribution in [0, 0.1) is 5.92 Å². The van der Waals surface area contributed by atoms with Gasteiger partial charge in [0.15, 0.2) is 0 Å². The maximum atomic E-state index is 11.9. The minimum atomic E-state index is 0.195. The lowest BCUT2D eigenvalue weighted by Gasteiger charge is -2.25. The van der Waals surface area contributed by atoms with E-state index in [0.29, 0.717) is 12.3 Å². The van der Waals surface area contributed by atoms with Crippen molar-refractivity contribution in [3.63, 3.8) is 0 Å². The van der Waals surface area contributed by atoms with Crippen molar-refractivity contribution >= 4 is 5.91 Å². The molecule has 2 aliphatic rings. The van der Waals surface area contributed by atoms with Gasteiger partial charge in [0.1, 0.15) is 5.82 Å². The highest BCUT2D eigenvalue weighted by Crippen LogP contribution is 2.20. The van der Waals surface area contributed by atoms with Crippen molar-refractivity contribution in [1.82, 2.24) is 14.9 Å². The highest BCUT2D eigenvalue weighted by molar-refractivity contribution is 5.76. The topological polar surface area (TPSA) is 46.9 Å². The van der Waals surface area contributed by atoms with Crippen molar-refractivity contribution in [2.45, 2.75) is 44.7 Å². The fourth-order valence-electron chi connectivity index (χ4n) is 2.87. The van der Waals surface area contributed by atoms with Crippen LogP contribution >= 0.6 is 0 Å². The number of hydrogen-bond acceptors (Lipinski definition) is 2. The summed E-state index contributed by atoms with van der Waals surface area (Å²) in [5, 5.41) is 3.16. The number of imidazole rings is 1. The van der Waals surface area contributed by atoms with Gasteiger partial charge in [0.25, 0.3) is 0 Å². The summed E-state index contributed by atoms with van der Waals surface area (Å²) in [5.74, 6) is 1.79. The van der Waals surface area contributed by atoms with Crippen LogP contribution in [0.5, 0.6) is 0 Å². The number of nitrogens with zero attached hydrogens (tertiary/aromatic N) is 2. The van der Waals surface area contributed by atoms with Gasteiger partial charge in [-0.15, -0.1) is 0 Å². The molecule has 2 heterocycles. The van der Waals surface area contributed by atoms with Gasteiger partial charge in [0.05, 0.1) is 0 Å². The second-order valence-electron chi connectivity index (χ2n) is 5.27. The maximum Gasteiger partial charge on any atom is 0.220 e. The molecule has 1 aliphatic heterocycles. The van der Waals surface area contributed by atoms with E-state index in [1.807, 2.05) is 12.4 Å². The fourth-order valence-corrected chi connectivity index (χ4v) is 2.87. The van der Waals surface area contributed by atoms with Crippen molar-refractivity contribution in [3.8, 4) is 0 Å². The van der Waals surface area contributed by atoms with Gasteiger partial charge >= 0.3 is 0 Å². The lowest BCUT2D eigenvalue weighted by Crippen LogP contribution is -2.41. The molecule has 0 fully saturated rings. The lowest BCUT2D eigenvalue weighted by molar-refractivity contribution is -0.122. The molecule has 2 atom stereocenters. The maximum absolute atomic E-state index is 11.9. The zero-order valence-corrected chi connectivity index (χ0v) is 10.5. The zero-order chi connectivity index (χ0) is 12.4. The number of nitrogens with one attached hydrogen (secondary N) is 1. The number of aryl methyl sites for hydroxylation is 1. The van der Waals surface area contributed by atoms with Crippen LogP contribution < -0.4 is 5.32 Å². The number of amides is 1. The van der Waals surface area contributed by atoms with Crippen LogP contribution in [0.1, 0.15) is 31.5 Å². The number of allylic oxidation sites excluding steroid dienone is 2. The fraction of sp³-hybridized carbons (Fsp3) is 0.571. The molecule has 96 valence electrons. The SMILES string of the molecule is O=C(C[C@@H]1C=CCC1)N[C@H]1CCc2nccn2C1. The van der Waals surface area contributed by atoms with Gasteiger partial charge < -0.3 is 9.88 Å². The second-order valence-corrected chi connectivity index (χ2v) is 5.27. The Labute approximate surface area is 107 Å². The Bertz CT molecular complexity index is 463. The summed E-state index contributed by atoms with van der Waals surface area (Å²) in [6, 6.07) is 0.268. The molecule has 0 radical (unpaired) electrons. The molecule has 1 amide bonds. The van der Waals surface area contributed by atoms with E-state index < -0.39 is 0 Å². The van der Waals surface area contributed by atoms with Crippen LogP contribution in [0.15, 0.2) is 24.5 Å². The van der Waals surface area contributed by atoms with Crippen molar-refractivity contribution < 1.29 is 4.79 Å². The lowest BCUT2D eigenvalue weighted by atomic mass is 10.0. The van der Waals surface area contributed by atoms with E-state index >= 15 is 0 Å². The van der Waals surface area contributed by atoms with Crippen LogP contribution in [0.3, 0.4) is 0 Å². The van der Waals surface area contributed by atoms with Crippen LogP contribution in [-0.2, 0) is 17.8 Å². The standard InChI is InChI=1S/C14H19N3O/c18-14(9-11-3-1-2-4-11)16-12-5-6-13-15-7-8-17(13)10-12/h1,3,7-8,11-12H,2,4-6,9-10H2,(H,16,18)/t11-,12+/m1/s1. The number of aromatic nitrogens is 2. The molecule has 3 rings (SSSR count). The van der Waals surface area contributed by atoms with Crippen molar-refractivity contribution in [2.24, 2.45) is 5.92 Å². The Kier molecular flexibility index (Phi) is 3.17. The van der Waals surface area contributed by atoms with E-state index in [9.17, 15) is 4.79 Å². The van der Waals surface area contributed by atoms with E-state index in [0.717, 1.165) is 38.1 Å². The molecular weight excluding hydrogens is 226 g/mol. The Morgan fingerprint density at radius 3 is 3.28 bits per heavy atom. The predicted octanol–water partition coefficient (Wildman–Crippen LogP) is 1.67. The highest BCUT2D eigenvalue weighted by atomic mass is 16.1. The van der Waals surface area contributed by atoms with E-state index in [1.54, 1.807) is 0 Å². The van der Waals surface area contributed by atoms with Crippen LogP contribution in [-0.4, -0.2) is 21.5 Å². The smallest absolute Gasteiger partial charge is 0.220 e. The van der Waals surface area contributed by atoms with Crippen molar-refractivity contribution in [1.29, 1.82) is 0 Å². The van der Waals surface area contributed by atoms with Gasteiger partial charge in [0.2, 0.25) is 5.91 Å². The molecule has 1 N–H and O–H groups in total. The molecule has 0 unspecified atom stereocenters. The third-order valence-corrected chi connectivity index (χ3v) is 3.86. The number of rotatable bonds is 3. The minimum Gasteiger partial charge on any atom is -0.352 e. The first kappa shape index (κ1) is 11.5. The van der Waals surface area contributed by atoms with Gasteiger partial charge in [-0.3, -0.25) is 4.79 Å². The van der Waals surface area contributed by atoms with Gasteiger partial charge in [-0.2, -0.15) is 0 Å². The molecule has 4 heteroatoms. The minimum absolute atomic E-state index is 0.195. The van der Waals surface area contributed by atoms with Gasteiger partial charge in [-0.1, -0.05) is 12.2 Å². The first-order valence-corrected chi connectivity index (χ1v) is 6.77. The zero-order valence-electron chi connectivity index (χ0n) is 10.5. The van der Waals surface area contributed by atoms with E-state index in [2.05, 4.69) is 27.0 Å². The Balaban J connectivity index is 1.51. The van der Waals surface area contributed by atoms with Gasteiger partial charge in [-0.25, -0.2) is 4.98 Å². The van der Waals surface area contributed by atoms with Crippen LogP contribution in [0.25, 0.3) is 0 Å². The molecule has 0 saturated carbocycles. The summed E-state index contributed by atoms with van der Waals surface area (Å²) in [6.07, 6.45) is 13.0. The summed E-state index contributed by atoms with van der Waals surface area (Å²) < 4.78 is 2.14. The molecule has 1 aromatic rings. The Morgan fingerprint density at radius 2 is 2.44 bits per heavy atom. The van der Waals surface area contributed by atoms with Crippen LogP contribution in [0.4, 0.5) is 0 Å². The largest absolute Gasteiger partial charge is 0.352 e. The molecule has 0 aromatic carbocycles. The molecule has 4 nitrogen and oxygen atoms in total.